The van der Waals surface area contributed by atoms with Crippen molar-refractivity contribution in [3.05, 3.63) is 0 Å². The van der Waals surface area contributed by atoms with Crippen LogP contribution in [-0.2, 0) is 4.79 Å². The molecule has 0 saturated carbocycles. The fourth-order valence-electron chi connectivity index (χ4n) is 2.18. The minimum Gasteiger partial charge on any atom is -0.355 e. The molecule has 0 spiro atoms. The molecule has 2 rings (SSSR count). The van der Waals surface area contributed by atoms with Gasteiger partial charge >= 0.3 is 0 Å². The SMILES string of the molecule is O=C1NCCCC1NCC1CCCN1. The summed E-state index contributed by atoms with van der Waals surface area (Å²) in [5.41, 5.74) is 0. The molecule has 4 heteroatoms. The Hall–Kier alpha value is -0.610. The molecule has 80 valence electrons. The van der Waals surface area contributed by atoms with E-state index in [0.29, 0.717) is 6.04 Å². The lowest BCUT2D eigenvalue weighted by atomic mass is 10.1. The van der Waals surface area contributed by atoms with E-state index < -0.39 is 0 Å². The van der Waals surface area contributed by atoms with Crippen LogP contribution in [0.4, 0.5) is 0 Å². The van der Waals surface area contributed by atoms with Gasteiger partial charge in [0.1, 0.15) is 0 Å². The molecular weight excluding hydrogens is 178 g/mol. The highest BCUT2D eigenvalue weighted by atomic mass is 16.2. The first-order chi connectivity index (χ1) is 6.86. The average Bonchev–Trinajstić information content (AvgIpc) is 2.69. The molecular formula is C10H19N3O. The predicted octanol–water partition coefficient (Wildman–Crippen LogP) is -0.393. The van der Waals surface area contributed by atoms with Gasteiger partial charge in [-0.05, 0) is 32.2 Å². The number of piperidine rings is 1. The minimum absolute atomic E-state index is 0.0474. The fraction of sp³-hybridized carbons (Fsp3) is 0.900. The first kappa shape index (κ1) is 9.93. The normalized spacial score (nSPS) is 33.0. The van der Waals surface area contributed by atoms with E-state index in [9.17, 15) is 4.79 Å². The Balaban J connectivity index is 1.70. The molecule has 4 nitrogen and oxygen atoms in total. The zero-order chi connectivity index (χ0) is 9.80. The monoisotopic (exact) mass is 197 g/mol. The number of hydrogen-bond acceptors (Lipinski definition) is 3. The predicted molar refractivity (Wildman–Crippen MR) is 55.1 cm³/mol. The van der Waals surface area contributed by atoms with Crippen LogP contribution in [0.15, 0.2) is 0 Å². The van der Waals surface area contributed by atoms with Crippen LogP contribution in [0.3, 0.4) is 0 Å². The van der Waals surface area contributed by atoms with E-state index in [4.69, 9.17) is 0 Å². The van der Waals surface area contributed by atoms with Crippen molar-refractivity contribution >= 4 is 5.91 Å². The van der Waals surface area contributed by atoms with Crippen molar-refractivity contribution < 1.29 is 4.79 Å². The van der Waals surface area contributed by atoms with E-state index in [1.165, 1.54) is 12.8 Å². The van der Waals surface area contributed by atoms with Gasteiger partial charge in [0.05, 0.1) is 6.04 Å². The number of carbonyl (C=O) groups excluding carboxylic acids is 1. The van der Waals surface area contributed by atoms with Gasteiger partial charge < -0.3 is 16.0 Å². The molecule has 14 heavy (non-hydrogen) atoms. The van der Waals surface area contributed by atoms with Gasteiger partial charge in [0.15, 0.2) is 0 Å². The van der Waals surface area contributed by atoms with E-state index in [-0.39, 0.29) is 11.9 Å². The smallest absolute Gasteiger partial charge is 0.237 e. The summed E-state index contributed by atoms with van der Waals surface area (Å²) in [5, 5.41) is 9.64. The van der Waals surface area contributed by atoms with Gasteiger partial charge in [0.2, 0.25) is 5.91 Å². The van der Waals surface area contributed by atoms with Gasteiger partial charge in [-0.15, -0.1) is 0 Å². The molecule has 2 saturated heterocycles. The van der Waals surface area contributed by atoms with Crippen molar-refractivity contribution in [3.8, 4) is 0 Å². The van der Waals surface area contributed by atoms with Crippen LogP contribution in [0.5, 0.6) is 0 Å². The van der Waals surface area contributed by atoms with Gasteiger partial charge in [-0.25, -0.2) is 0 Å². The lowest BCUT2D eigenvalue weighted by molar-refractivity contribution is -0.124. The third-order valence-electron chi connectivity index (χ3n) is 3.06. The highest BCUT2D eigenvalue weighted by Crippen LogP contribution is 2.06. The fourth-order valence-corrected chi connectivity index (χ4v) is 2.18. The molecule has 1 amide bonds. The van der Waals surface area contributed by atoms with Crippen molar-refractivity contribution in [2.75, 3.05) is 19.6 Å². The van der Waals surface area contributed by atoms with Crippen LogP contribution in [0, 0.1) is 0 Å². The molecule has 0 aliphatic carbocycles. The minimum atomic E-state index is 0.0474. The molecule has 0 aromatic rings. The van der Waals surface area contributed by atoms with Crippen molar-refractivity contribution in [2.45, 2.75) is 37.8 Å². The van der Waals surface area contributed by atoms with E-state index in [1.54, 1.807) is 0 Å². The van der Waals surface area contributed by atoms with Crippen molar-refractivity contribution in [1.82, 2.24) is 16.0 Å². The van der Waals surface area contributed by atoms with Crippen LogP contribution in [0.25, 0.3) is 0 Å². The molecule has 2 heterocycles. The Morgan fingerprint density at radius 1 is 1.29 bits per heavy atom. The van der Waals surface area contributed by atoms with Crippen LogP contribution >= 0.6 is 0 Å². The van der Waals surface area contributed by atoms with Crippen LogP contribution < -0.4 is 16.0 Å². The molecule has 0 aromatic heterocycles. The highest BCUT2D eigenvalue weighted by Gasteiger charge is 2.23. The van der Waals surface area contributed by atoms with E-state index in [2.05, 4.69) is 16.0 Å². The van der Waals surface area contributed by atoms with Gasteiger partial charge in [0, 0.05) is 19.1 Å². The van der Waals surface area contributed by atoms with E-state index in [1.807, 2.05) is 0 Å². The van der Waals surface area contributed by atoms with Crippen LogP contribution in [0.2, 0.25) is 0 Å². The summed E-state index contributed by atoms with van der Waals surface area (Å²) in [7, 11) is 0. The summed E-state index contributed by atoms with van der Waals surface area (Å²) in [4.78, 5) is 11.4. The molecule has 0 aromatic carbocycles. The molecule has 0 radical (unpaired) electrons. The van der Waals surface area contributed by atoms with E-state index >= 15 is 0 Å². The number of nitrogens with one attached hydrogen (secondary N) is 3. The topological polar surface area (TPSA) is 53.2 Å². The summed E-state index contributed by atoms with van der Waals surface area (Å²) < 4.78 is 0. The highest BCUT2D eigenvalue weighted by molar-refractivity contribution is 5.82. The Morgan fingerprint density at radius 3 is 2.86 bits per heavy atom. The molecule has 2 atom stereocenters. The Bertz CT molecular complexity index is 202. The third kappa shape index (κ3) is 2.45. The van der Waals surface area contributed by atoms with Gasteiger partial charge in [-0.3, -0.25) is 4.79 Å². The summed E-state index contributed by atoms with van der Waals surface area (Å²) >= 11 is 0. The Morgan fingerprint density at radius 2 is 2.14 bits per heavy atom. The molecule has 3 N–H and O–H groups in total. The molecule has 2 fully saturated rings. The molecule has 2 unspecified atom stereocenters. The maximum atomic E-state index is 11.4. The van der Waals surface area contributed by atoms with E-state index in [0.717, 1.165) is 32.5 Å². The van der Waals surface area contributed by atoms with Crippen molar-refractivity contribution in [3.63, 3.8) is 0 Å². The maximum absolute atomic E-state index is 11.4. The summed E-state index contributed by atoms with van der Waals surface area (Å²) in [5.74, 6) is 0.175. The second-order valence-corrected chi connectivity index (χ2v) is 4.19. The molecule has 2 aliphatic rings. The van der Waals surface area contributed by atoms with Crippen molar-refractivity contribution in [2.24, 2.45) is 0 Å². The largest absolute Gasteiger partial charge is 0.355 e. The molecule has 0 bridgehead atoms. The summed E-state index contributed by atoms with van der Waals surface area (Å²) in [6, 6.07) is 0.621. The van der Waals surface area contributed by atoms with Crippen LogP contribution in [0.1, 0.15) is 25.7 Å². The summed E-state index contributed by atoms with van der Waals surface area (Å²) in [6.07, 6.45) is 4.59. The average molecular weight is 197 g/mol. The Labute approximate surface area is 84.8 Å². The Kier molecular flexibility index (Phi) is 3.37. The standard InChI is InChI=1S/C10H19N3O/c14-10-9(4-2-6-12-10)13-7-8-3-1-5-11-8/h8-9,11,13H,1-7H2,(H,12,14). The number of hydrogen-bond donors (Lipinski definition) is 3. The number of carbonyl (C=O) groups is 1. The van der Waals surface area contributed by atoms with Crippen molar-refractivity contribution in [1.29, 1.82) is 0 Å². The molecule has 2 aliphatic heterocycles. The first-order valence-electron chi connectivity index (χ1n) is 5.61. The third-order valence-corrected chi connectivity index (χ3v) is 3.06. The van der Waals surface area contributed by atoms with Gasteiger partial charge in [-0.2, -0.15) is 0 Å². The second-order valence-electron chi connectivity index (χ2n) is 4.19. The van der Waals surface area contributed by atoms with Gasteiger partial charge in [-0.1, -0.05) is 0 Å². The second kappa shape index (κ2) is 4.75. The maximum Gasteiger partial charge on any atom is 0.237 e. The summed E-state index contributed by atoms with van der Waals surface area (Å²) in [6.45, 7) is 2.90. The lowest BCUT2D eigenvalue weighted by Crippen LogP contribution is -2.50. The van der Waals surface area contributed by atoms with Crippen LogP contribution in [-0.4, -0.2) is 37.6 Å². The zero-order valence-corrected chi connectivity index (χ0v) is 8.51. The zero-order valence-electron chi connectivity index (χ0n) is 8.51. The first-order valence-corrected chi connectivity index (χ1v) is 5.61. The van der Waals surface area contributed by atoms with Gasteiger partial charge in [0.25, 0.3) is 0 Å². The lowest BCUT2D eigenvalue weighted by Gasteiger charge is -2.24. The quantitative estimate of drug-likeness (QED) is 0.577. The number of rotatable bonds is 3. The number of amides is 1.